The molecule has 0 aliphatic heterocycles. The number of halogens is 2. The maximum Gasteiger partial charge on any atom is 0.244 e. The van der Waals surface area contributed by atoms with Crippen molar-refractivity contribution in [1.82, 2.24) is 10.2 Å². The number of nitrogens with zero attached hydrogens (tertiary/aromatic N) is 2. The van der Waals surface area contributed by atoms with Crippen molar-refractivity contribution in [3.8, 4) is 0 Å². The van der Waals surface area contributed by atoms with E-state index in [0.29, 0.717) is 33.4 Å². The molecule has 0 spiro atoms. The van der Waals surface area contributed by atoms with Gasteiger partial charge in [0, 0.05) is 19.5 Å². The third-order valence-electron chi connectivity index (χ3n) is 6.75. The molecule has 7 nitrogen and oxygen atoms in total. The van der Waals surface area contributed by atoms with Crippen LogP contribution in [0.5, 0.6) is 0 Å². The molecule has 10 heteroatoms. The smallest absolute Gasteiger partial charge is 0.244 e. The summed E-state index contributed by atoms with van der Waals surface area (Å²) in [5.41, 5.74) is 3.51. The van der Waals surface area contributed by atoms with Crippen molar-refractivity contribution in [2.24, 2.45) is 0 Å². The lowest BCUT2D eigenvalue weighted by atomic mass is 10.0. The Morgan fingerprint density at radius 2 is 1.63 bits per heavy atom. The first-order chi connectivity index (χ1) is 19.4. The van der Waals surface area contributed by atoms with Crippen LogP contribution in [0.2, 0.25) is 10.0 Å². The second-order valence-corrected chi connectivity index (χ2v) is 12.9. The fourth-order valence-electron chi connectivity index (χ4n) is 4.48. The highest BCUT2D eigenvalue weighted by Crippen LogP contribution is 2.27. The van der Waals surface area contributed by atoms with Gasteiger partial charge in [-0.05, 0) is 60.7 Å². The van der Waals surface area contributed by atoms with Crippen molar-refractivity contribution < 1.29 is 18.0 Å². The number of sulfonamides is 1. The topological polar surface area (TPSA) is 86.8 Å². The molecule has 0 aromatic heterocycles. The fourth-order valence-corrected chi connectivity index (χ4v) is 5.70. The highest BCUT2D eigenvalue weighted by Gasteiger charge is 2.33. The molecule has 0 heterocycles. The highest BCUT2D eigenvalue weighted by molar-refractivity contribution is 7.92. The first-order valence-corrected chi connectivity index (χ1v) is 16.1. The van der Waals surface area contributed by atoms with E-state index in [1.165, 1.54) is 4.90 Å². The van der Waals surface area contributed by atoms with Gasteiger partial charge in [0.2, 0.25) is 21.8 Å². The number of carbonyl (C=O) groups excluding carboxylic acids is 2. The van der Waals surface area contributed by atoms with E-state index in [-0.39, 0.29) is 18.9 Å². The van der Waals surface area contributed by atoms with Gasteiger partial charge in [-0.15, -0.1) is 0 Å². The Kier molecular flexibility index (Phi) is 11.6. The number of aryl methyl sites for hydroxylation is 2. The molecule has 2 amide bonds. The zero-order valence-electron chi connectivity index (χ0n) is 23.9. The molecule has 1 N–H and O–H groups in total. The van der Waals surface area contributed by atoms with Crippen LogP contribution in [0.1, 0.15) is 42.0 Å². The third-order valence-corrected chi connectivity index (χ3v) is 8.62. The Balaban J connectivity index is 2.08. The van der Waals surface area contributed by atoms with Crippen LogP contribution < -0.4 is 9.62 Å². The lowest BCUT2D eigenvalue weighted by molar-refractivity contribution is -0.140. The van der Waals surface area contributed by atoms with Crippen molar-refractivity contribution in [2.45, 2.75) is 52.6 Å². The van der Waals surface area contributed by atoms with Crippen LogP contribution in [0.15, 0.2) is 66.7 Å². The van der Waals surface area contributed by atoms with Crippen molar-refractivity contribution in [1.29, 1.82) is 0 Å². The molecular weight excluding hydrogens is 581 g/mol. The number of carbonyl (C=O) groups is 2. The van der Waals surface area contributed by atoms with Crippen LogP contribution in [-0.4, -0.2) is 50.5 Å². The van der Waals surface area contributed by atoms with Gasteiger partial charge in [0.15, 0.2) is 0 Å². The Hall–Kier alpha value is -3.07. The summed E-state index contributed by atoms with van der Waals surface area (Å²) in [4.78, 5) is 29.3. The fraction of sp³-hybridized carbons (Fsp3) is 0.355. The van der Waals surface area contributed by atoms with Gasteiger partial charge in [-0.2, -0.15) is 0 Å². The summed E-state index contributed by atoms with van der Waals surface area (Å²) < 4.78 is 27.1. The Morgan fingerprint density at radius 1 is 0.927 bits per heavy atom. The summed E-state index contributed by atoms with van der Waals surface area (Å²) in [7, 11) is -3.85. The summed E-state index contributed by atoms with van der Waals surface area (Å²) in [5.74, 6) is -0.831. The molecule has 220 valence electrons. The van der Waals surface area contributed by atoms with Crippen LogP contribution in [0.4, 0.5) is 5.69 Å². The molecule has 0 aliphatic rings. The maximum absolute atomic E-state index is 14.2. The van der Waals surface area contributed by atoms with Gasteiger partial charge in [-0.3, -0.25) is 13.9 Å². The molecule has 0 saturated heterocycles. The first-order valence-electron chi connectivity index (χ1n) is 13.5. The predicted octanol–water partition coefficient (Wildman–Crippen LogP) is 5.93. The van der Waals surface area contributed by atoms with E-state index in [0.717, 1.165) is 34.5 Å². The summed E-state index contributed by atoms with van der Waals surface area (Å²) in [6, 6.07) is 19.0. The second kappa shape index (κ2) is 14.7. The SMILES string of the molecule is CCCCNC(=O)[C@@H](Cc1ccccc1)N(Cc1ccc(Cl)c(Cl)c1)C(=O)CN(c1cc(C)ccc1C)S(C)(=O)=O. The van der Waals surface area contributed by atoms with E-state index in [4.69, 9.17) is 23.2 Å². The van der Waals surface area contributed by atoms with Crippen molar-refractivity contribution in [3.05, 3.63) is 99.0 Å². The number of hydrogen-bond donors (Lipinski definition) is 1. The Morgan fingerprint density at radius 3 is 2.27 bits per heavy atom. The minimum atomic E-state index is -3.85. The number of hydrogen-bond acceptors (Lipinski definition) is 4. The Bertz CT molecular complexity index is 1470. The van der Waals surface area contributed by atoms with Crippen LogP contribution in [-0.2, 0) is 32.6 Å². The van der Waals surface area contributed by atoms with Crippen LogP contribution in [0.25, 0.3) is 0 Å². The average Bonchev–Trinajstić information content (AvgIpc) is 2.92. The number of nitrogens with one attached hydrogen (secondary N) is 1. The number of benzene rings is 3. The minimum Gasteiger partial charge on any atom is -0.354 e. The predicted molar refractivity (Wildman–Crippen MR) is 167 cm³/mol. The number of rotatable bonds is 13. The third kappa shape index (κ3) is 9.21. The first kappa shape index (κ1) is 32.4. The van der Waals surface area contributed by atoms with Gasteiger partial charge in [0.05, 0.1) is 22.0 Å². The molecule has 0 radical (unpaired) electrons. The van der Waals surface area contributed by atoms with E-state index in [1.807, 2.05) is 56.3 Å². The monoisotopic (exact) mass is 617 g/mol. The van der Waals surface area contributed by atoms with E-state index < -0.39 is 28.5 Å². The molecule has 0 fully saturated rings. The molecule has 0 aliphatic carbocycles. The number of unbranched alkanes of at least 4 members (excludes halogenated alkanes) is 1. The standard InChI is InChI=1S/C31H37Cl2N3O4S/c1-5-6-16-34-31(38)29(19-24-10-8-7-9-11-24)35(20-25-14-15-26(32)27(33)18-25)30(37)21-36(41(4,39)40)28-17-22(2)12-13-23(28)3/h7-15,17-18,29H,5-6,16,19-21H2,1-4H3,(H,34,38)/t29-/m1/s1. The lowest BCUT2D eigenvalue weighted by Crippen LogP contribution is -2.53. The lowest BCUT2D eigenvalue weighted by Gasteiger charge is -2.34. The molecule has 0 unspecified atom stereocenters. The van der Waals surface area contributed by atoms with Crippen molar-refractivity contribution >= 4 is 50.7 Å². The van der Waals surface area contributed by atoms with Gasteiger partial charge in [0.1, 0.15) is 12.6 Å². The molecule has 41 heavy (non-hydrogen) atoms. The minimum absolute atomic E-state index is 0.0266. The molecule has 0 saturated carbocycles. The van der Waals surface area contributed by atoms with Gasteiger partial charge in [-0.25, -0.2) is 8.42 Å². The van der Waals surface area contributed by atoms with E-state index in [9.17, 15) is 18.0 Å². The van der Waals surface area contributed by atoms with Gasteiger partial charge >= 0.3 is 0 Å². The van der Waals surface area contributed by atoms with Gasteiger partial charge in [-0.1, -0.05) is 85.1 Å². The van der Waals surface area contributed by atoms with E-state index in [2.05, 4.69) is 5.32 Å². The molecule has 3 aromatic rings. The van der Waals surface area contributed by atoms with Crippen molar-refractivity contribution in [3.63, 3.8) is 0 Å². The highest BCUT2D eigenvalue weighted by atomic mass is 35.5. The second-order valence-electron chi connectivity index (χ2n) is 10.2. The zero-order valence-corrected chi connectivity index (χ0v) is 26.2. The number of anilines is 1. The van der Waals surface area contributed by atoms with Crippen LogP contribution in [0, 0.1) is 13.8 Å². The van der Waals surface area contributed by atoms with Gasteiger partial charge < -0.3 is 10.2 Å². The summed E-state index contributed by atoms with van der Waals surface area (Å²) in [6.45, 7) is 5.70. The maximum atomic E-state index is 14.2. The van der Waals surface area contributed by atoms with Crippen molar-refractivity contribution in [2.75, 3.05) is 23.7 Å². The molecule has 3 aromatic carbocycles. The molecule has 0 bridgehead atoms. The van der Waals surface area contributed by atoms with Crippen LogP contribution >= 0.6 is 23.2 Å². The largest absolute Gasteiger partial charge is 0.354 e. The van der Waals surface area contributed by atoms with Gasteiger partial charge in [0.25, 0.3) is 0 Å². The summed E-state index contributed by atoms with van der Waals surface area (Å²) in [6.07, 6.45) is 3.01. The molecular formula is C31H37Cl2N3O4S. The molecule has 1 atom stereocenters. The summed E-state index contributed by atoms with van der Waals surface area (Å²) >= 11 is 12.4. The average molecular weight is 619 g/mol. The molecule has 3 rings (SSSR count). The summed E-state index contributed by atoms with van der Waals surface area (Å²) in [5, 5.41) is 3.65. The Labute approximate surface area is 253 Å². The normalized spacial score (nSPS) is 12.0. The van der Waals surface area contributed by atoms with E-state index >= 15 is 0 Å². The quantitative estimate of drug-likeness (QED) is 0.241. The number of amides is 2. The van der Waals surface area contributed by atoms with E-state index in [1.54, 1.807) is 31.2 Å². The zero-order chi connectivity index (χ0) is 30.2. The van der Waals surface area contributed by atoms with Crippen LogP contribution in [0.3, 0.4) is 0 Å².